The van der Waals surface area contributed by atoms with Crippen molar-refractivity contribution in [2.24, 2.45) is 0 Å². The van der Waals surface area contributed by atoms with Crippen LogP contribution in [-0.4, -0.2) is 16.9 Å². The number of hydrogen-bond acceptors (Lipinski definition) is 5. The van der Waals surface area contributed by atoms with Crippen LogP contribution in [0.15, 0.2) is 22.2 Å². The minimum Gasteiger partial charge on any atom is -0.375 e. The standard InChI is InChI=1S/C13H17N3OS2/c1-9(6-10-4-5-18-7-10)15-12(17)3-2-11-8-19-13(14)16-11/h4-5,7-9H,2-3,6H2,1H3,(H2,14,16)(H,15,17). The lowest BCUT2D eigenvalue weighted by molar-refractivity contribution is -0.121. The maximum atomic E-state index is 11.8. The number of nitrogens with one attached hydrogen (secondary N) is 1. The number of aryl methyl sites for hydroxylation is 1. The van der Waals surface area contributed by atoms with E-state index in [1.54, 1.807) is 11.3 Å². The van der Waals surface area contributed by atoms with E-state index in [0.29, 0.717) is 18.0 Å². The van der Waals surface area contributed by atoms with Gasteiger partial charge in [0.2, 0.25) is 5.91 Å². The SMILES string of the molecule is CC(Cc1ccsc1)NC(=O)CCc1csc(N)n1. The first-order valence-corrected chi connectivity index (χ1v) is 7.96. The number of carbonyl (C=O) groups is 1. The molecule has 0 bridgehead atoms. The summed E-state index contributed by atoms with van der Waals surface area (Å²) in [5.41, 5.74) is 7.71. The van der Waals surface area contributed by atoms with Crippen molar-refractivity contribution >= 4 is 33.7 Å². The number of anilines is 1. The molecule has 2 aromatic heterocycles. The molecule has 102 valence electrons. The third-order valence-electron chi connectivity index (χ3n) is 2.71. The Kier molecular flexibility index (Phi) is 4.93. The molecule has 1 amide bonds. The van der Waals surface area contributed by atoms with E-state index in [-0.39, 0.29) is 11.9 Å². The van der Waals surface area contributed by atoms with Crippen molar-refractivity contribution in [2.45, 2.75) is 32.2 Å². The molecule has 3 N–H and O–H groups in total. The largest absolute Gasteiger partial charge is 0.375 e. The monoisotopic (exact) mass is 295 g/mol. The van der Waals surface area contributed by atoms with Crippen molar-refractivity contribution in [1.82, 2.24) is 10.3 Å². The van der Waals surface area contributed by atoms with Gasteiger partial charge >= 0.3 is 0 Å². The number of amides is 1. The smallest absolute Gasteiger partial charge is 0.220 e. The van der Waals surface area contributed by atoms with E-state index in [4.69, 9.17) is 5.73 Å². The number of nitrogen functional groups attached to an aromatic ring is 1. The molecular weight excluding hydrogens is 278 g/mol. The molecule has 0 aliphatic heterocycles. The van der Waals surface area contributed by atoms with E-state index in [1.165, 1.54) is 16.9 Å². The molecule has 0 fully saturated rings. The second-order valence-electron chi connectivity index (χ2n) is 4.48. The lowest BCUT2D eigenvalue weighted by Gasteiger charge is -2.12. The highest BCUT2D eigenvalue weighted by Gasteiger charge is 2.09. The Bertz CT molecular complexity index is 522. The zero-order valence-corrected chi connectivity index (χ0v) is 12.4. The topological polar surface area (TPSA) is 68.0 Å². The van der Waals surface area contributed by atoms with Gasteiger partial charge < -0.3 is 11.1 Å². The van der Waals surface area contributed by atoms with Crippen molar-refractivity contribution in [3.63, 3.8) is 0 Å². The Morgan fingerprint density at radius 3 is 3.00 bits per heavy atom. The van der Waals surface area contributed by atoms with Gasteiger partial charge in [-0.15, -0.1) is 11.3 Å². The molecule has 2 rings (SSSR count). The number of thiophene rings is 1. The predicted octanol–water partition coefficient (Wildman–Crippen LogP) is 2.47. The molecule has 0 aliphatic carbocycles. The van der Waals surface area contributed by atoms with Crippen LogP contribution < -0.4 is 11.1 Å². The van der Waals surface area contributed by atoms with Gasteiger partial charge in [0.25, 0.3) is 0 Å². The van der Waals surface area contributed by atoms with Crippen LogP contribution in [0.4, 0.5) is 5.13 Å². The minimum absolute atomic E-state index is 0.0642. The first-order chi connectivity index (χ1) is 9.13. The Morgan fingerprint density at radius 2 is 2.37 bits per heavy atom. The van der Waals surface area contributed by atoms with Crippen LogP contribution in [0.5, 0.6) is 0 Å². The molecule has 2 aromatic rings. The summed E-state index contributed by atoms with van der Waals surface area (Å²) in [6.45, 7) is 2.02. The Balaban J connectivity index is 1.71. The predicted molar refractivity (Wildman–Crippen MR) is 80.5 cm³/mol. The molecule has 19 heavy (non-hydrogen) atoms. The van der Waals surface area contributed by atoms with Crippen LogP contribution in [0.2, 0.25) is 0 Å². The number of nitrogens with two attached hydrogens (primary N) is 1. The van der Waals surface area contributed by atoms with Crippen molar-refractivity contribution < 1.29 is 4.79 Å². The first kappa shape index (κ1) is 14.0. The Morgan fingerprint density at radius 1 is 1.53 bits per heavy atom. The van der Waals surface area contributed by atoms with E-state index in [9.17, 15) is 4.79 Å². The van der Waals surface area contributed by atoms with Crippen LogP contribution in [0.1, 0.15) is 24.6 Å². The normalized spacial score (nSPS) is 12.3. The Hall–Kier alpha value is -1.40. The minimum atomic E-state index is 0.0642. The van der Waals surface area contributed by atoms with Gasteiger partial charge in [0, 0.05) is 17.8 Å². The molecule has 2 heterocycles. The molecule has 0 aromatic carbocycles. The molecule has 4 nitrogen and oxygen atoms in total. The molecule has 0 radical (unpaired) electrons. The fourth-order valence-corrected chi connectivity index (χ4v) is 3.12. The zero-order valence-electron chi connectivity index (χ0n) is 10.8. The Labute approximate surface area is 120 Å². The number of hydrogen-bond donors (Lipinski definition) is 2. The summed E-state index contributed by atoms with van der Waals surface area (Å²) < 4.78 is 0. The third kappa shape index (κ3) is 4.65. The summed E-state index contributed by atoms with van der Waals surface area (Å²) in [4.78, 5) is 15.9. The number of nitrogens with zero attached hydrogens (tertiary/aromatic N) is 1. The van der Waals surface area contributed by atoms with Gasteiger partial charge in [-0.25, -0.2) is 4.98 Å². The van der Waals surface area contributed by atoms with Crippen LogP contribution in [0, 0.1) is 0 Å². The molecule has 0 saturated carbocycles. The lowest BCUT2D eigenvalue weighted by Crippen LogP contribution is -2.34. The third-order valence-corrected chi connectivity index (χ3v) is 4.16. The van der Waals surface area contributed by atoms with Crippen LogP contribution in [0.3, 0.4) is 0 Å². The highest BCUT2D eigenvalue weighted by atomic mass is 32.1. The number of rotatable bonds is 6. The quantitative estimate of drug-likeness (QED) is 0.860. The van der Waals surface area contributed by atoms with E-state index in [2.05, 4.69) is 27.1 Å². The maximum absolute atomic E-state index is 11.8. The summed E-state index contributed by atoms with van der Waals surface area (Å²) in [6.07, 6.45) is 1.97. The summed E-state index contributed by atoms with van der Waals surface area (Å²) in [5.74, 6) is 0.0642. The molecule has 0 aliphatic rings. The van der Waals surface area contributed by atoms with E-state index in [1.807, 2.05) is 12.3 Å². The van der Waals surface area contributed by atoms with Crippen molar-refractivity contribution in [3.05, 3.63) is 33.5 Å². The van der Waals surface area contributed by atoms with Gasteiger partial charge in [0.1, 0.15) is 0 Å². The maximum Gasteiger partial charge on any atom is 0.220 e. The zero-order chi connectivity index (χ0) is 13.7. The van der Waals surface area contributed by atoms with Crippen molar-refractivity contribution in [3.8, 4) is 0 Å². The van der Waals surface area contributed by atoms with E-state index in [0.717, 1.165) is 12.1 Å². The van der Waals surface area contributed by atoms with Gasteiger partial charge in [-0.3, -0.25) is 4.79 Å². The summed E-state index contributed by atoms with van der Waals surface area (Å²) in [5, 5.41) is 9.63. The summed E-state index contributed by atoms with van der Waals surface area (Å²) in [6, 6.07) is 2.24. The van der Waals surface area contributed by atoms with E-state index >= 15 is 0 Å². The highest BCUT2D eigenvalue weighted by molar-refractivity contribution is 7.13. The molecular formula is C13H17N3OS2. The van der Waals surface area contributed by atoms with Crippen LogP contribution in [0.25, 0.3) is 0 Å². The molecule has 6 heteroatoms. The summed E-state index contributed by atoms with van der Waals surface area (Å²) >= 11 is 3.09. The van der Waals surface area contributed by atoms with Crippen molar-refractivity contribution in [2.75, 3.05) is 5.73 Å². The second-order valence-corrected chi connectivity index (χ2v) is 6.15. The first-order valence-electron chi connectivity index (χ1n) is 6.14. The molecule has 1 unspecified atom stereocenters. The van der Waals surface area contributed by atoms with Gasteiger partial charge in [0.05, 0.1) is 5.69 Å². The lowest BCUT2D eigenvalue weighted by atomic mass is 10.1. The number of thiazole rings is 1. The van der Waals surface area contributed by atoms with Gasteiger partial charge in [-0.1, -0.05) is 0 Å². The van der Waals surface area contributed by atoms with Gasteiger partial charge in [0.15, 0.2) is 5.13 Å². The molecule has 1 atom stereocenters. The average Bonchev–Trinajstić information content (AvgIpc) is 2.98. The van der Waals surface area contributed by atoms with Crippen LogP contribution in [-0.2, 0) is 17.6 Å². The van der Waals surface area contributed by atoms with Gasteiger partial charge in [-0.2, -0.15) is 11.3 Å². The number of aromatic nitrogens is 1. The van der Waals surface area contributed by atoms with Crippen LogP contribution >= 0.6 is 22.7 Å². The van der Waals surface area contributed by atoms with Gasteiger partial charge in [-0.05, 0) is 42.2 Å². The fraction of sp³-hybridized carbons (Fsp3) is 0.385. The fourth-order valence-electron chi connectivity index (χ4n) is 1.84. The average molecular weight is 295 g/mol. The van der Waals surface area contributed by atoms with E-state index < -0.39 is 0 Å². The second kappa shape index (κ2) is 6.68. The molecule has 0 saturated heterocycles. The molecule has 0 spiro atoms. The number of carbonyl (C=O) groups excluding carboxylic acids is 1. The van der Waals surface area contributed by atoms with Crippen molar-refractivity contribution in [1.29, 1.82) is 0 Å². The summed E-state index contributed by atoms with van der Waals surface area (Å²) in [7, 11) is 0. The highest BCUT2D eigenvalue weighted by Crippen LogP contribution is 2.12.